The zero-order chi connectivity index (χ0) is 34.3. The number of aliphatic imine (C=N–C) groups is 2. The summed E-state index contributed by atoms with van der Waals surface area (Å²) in [5.74, 6) is 0.368. The molecule has 4 aromatic rings. The minimum absolute atomic E-state index is 0.0371. The van der Waals surface area contributed by atoms with Crippen LogP contribution in [-0.4, -0.2) is 63.3 Å². The zero-order valence-corrected chi connectivity index (χ0v) is 27.9. The van der Waals surface area contributed by atoms with Gasteiger partial charge in [0.2, 0.25) is 11.8 Å². The van der Waals surface area contributed by atoms with Crippen molar-refractivity contribution >= 4 is 57.2 Å². The smallest absolute Gasteiger partial charge is 0.229 e. The Balaban J connectivity index is 1.62. The first-order chi connectivity index (χ1) is 22.3. The second kappa shape index (κ2) is 15.2. The standard InChI is InChI=1S/C34H34ClFN4O6S/c1-22(41)39(15-16-47(5,43)44)20-28-11-14-32(46-28)25-9-12-31(37-3)29(18-25)34(38-4)40(23(2)42)27-10-13-33(30(35)19-27)45-21-24-7-6-8-26(36)17-24/h6-14,17-19H,3,15-16,20-21H2,1-2,4-5H3/b38-34+. The number of halogens is 2. The number of hydrogen-bond donors (Lipinski definition) is 0. The quantitative estimate of drug-likeness (QED) is 0.125. The van der Waals surface area contributed by atoms with Gasteiger partial charge in [-0.2, -0.15) is 0 Å². The van der Waals surface area contributed by atoms with Gasteiger partial charge in [0.1, 0.15) is 45.4 Å². The highest BCUT2D eigenvalue weighted by Crippen LogP contribution is 2.34. The van der Waals surface area contributed by atoms with Crippen LogP contribution in [0.5, 0.6) is 5.75 Å². The number of nitrogens with zero attached hydrogens (tertiary/aromatic N) is 4. The predicted octanol–water partition coefficient (Wildman–Crippen LogP) is 6.47. The lowest BCUT2D eigenvalue weighted by Crippen LogP contribution is -2.36. The van der Waals surface area contributed by atoms with Crippen molar-refractivity contribution in [1.82, 2.24) is 4.90 Å². The van der Waals surface area contributed by atoms with Crippen LogP contribution >= 0.6 is 11.6 Å². The van der Waals surface area contributed by atoms with Crippen LogP contribution in [0.4, 0.5) is 15.8 Å². The Hall–Kier alpha value is -4.81. The Kier molecular flexibility index (Phi) is 11.3. The van der Waals surface area contributed by atoms with E-state index >= 15 is 0 Å². The molecule has 10 nitrogen and oxygen atoms in total. The lowest BCUT2D eigenvalue weighted by Gasteiger charge is -2.25. The topological polar surface area (TPSA) is 122 Å². The fraction of sp³-hybridized carbons (Fsp3) is 0.235. The summed E-state index contributed by atoms with van der Waals surface area (Å²) in [6.07, 6.45) is 1.12. The molecule has 0 atom stereocenters. The number of amidine groups is 1. The van der Waals surface area contributed by atoms with Crippen molar-refractivity contribution in [1.29, 1.82) is 0 Å². The molecule has 47 heavy (non-hydrogen) atoms. The monoisotopic (exact) mass is 680 g/mol. The van der Waals surface area contributed by atoms with E-state index in [1.807, 2.05) is 0 Å². The van der Waals surface area contributed by atoms with Crippen molar-refractivity contribution < 1.29 is 31.6 Å². The van der Waals surface area contributed by atoms with E-state index in [0.717, 1.165) is 6.26 Å². The minimum Gasteiger partial charge on any atom is -0.487 e. The maximum absolute atomic E-state index is 13.6. The molecule has 0 aliphatic carbocycles. The summed E-state index contributed by atoms with van der Waals surface area (Å²) in [5, 5.41) is 0.232. The largest absolute Gasteiger partial charge is 0.487 e. The van der Waals surface area contributed by atoms with Crippen LogP contribution in [0.25, 0.3) is 11.3 Å². The molecule has 0 aliphatic heterocycles. The molecule has 3 aromatic carbocycles. The molecule has 0 fully saturated rings. The van der Waals surface area contributed by atoms with Crippen LogP contribution < -0.4 is 9.64 Å². The van der Waals surface area contributed by atoms with Gasteiger partial charge >= 0.3 is 0 Å². The Morgan fingerprint density at radius 1 is 1.02 bits per heavy atom. The number of carbonyl (C=O) groups excluding carboxylic acids is 2. The maximum Gasteiger partial charge on any atom is 0.229 e. The maximum atomic E-state index is 13.6. The third-order valence-electron chi connectivity index (χ3n) is 7.07. The van der Waals surface area contributed by atoms with Crippen molar-refractivity contribution in [3.05, 3.63) is 101 Å². The second-order valence-corrected chi connectivity index (χ2v) is 13.3. The van der Waals surface area contributed by atoms with Gasteiger partial charge in [0, 0.05) is 44.8 Å². The first-order valence-electron chi connectivity index (χ1n) is 14.4. The van der Waals surface area contributed by atoms with E-state index in [1.54, 1.807) is 67.7 Å². The molecule has 2 amide bonds. The molecule has 0 saturated heterocycles. The first-order valence-corrected chi connectivity index (χ1v) is 16.8. The van der Waals surface area contributed by atoms with Crippen molar-refractivity contribution in [2.75, 3.05) is 30.5 Å². The Morgan fingerprint density at radius 2 is 1.79 bits per heavy atom. The molecule has 1 aromatic heterocycles. The number of ether oxygens (including phenoxy) is 1. The molecule has 4 rings (SSSR count). The van der Waals surface area contributed by atoms with E-state index in [1.165, 1.54) is 35.8 Å². The van der Waals surface area contributed by atoms with E-state index in [2.05, 4.69) is 16.7 Å². The molecule has 0 unspecified atom stereocenters. The van der Waals surface area contributed by atoms with Crippen molar-refractivity contribution in [3.63, 3.8) is 0 Å². The third-order valence-corrected chi connectivity index (χ3v) is 8.29. The summed E-state index contributed by atoms with van der Waals surface area (Å²) in [6, 6.07) is 19.6. The van der Waals surface area contributed by atoms with Crippen molar-refractivity contribution in [2.45, 2.75) is 27.0 Å². The average molecular weight is 681 g/mol. The number of sulfone groups is 1. The highest BCUT2D eigenvalue weighted by atomic mass is 35.5. The Labute approximate surface area is 278 Å². The van der Waals surface area contributed by atoms with Gasteiger partial charge < -0.3 is 14.1 Å². The summed E-state index contributed by atoms with van der Waals surface area (Å²) in [6.45, 7) is 6.66. The molecule has 13 heteroatoms. The molecule has 0 spiro atoms. The van der Waals surface area contributed by atoms with Gasteiger partial charge in [-0.15, -0.1) is 0 Å². The van der Waals surface area contributed by atoms with Gasteiger partial charge in [0.05, 0.1) is 28.7 Å². The van der Waals surface area contributed by atoms with Crippen molar-refractivity contribution in [3.8, 4) is 17.1 Å². The predicted molar refractivity (Wildman–Crippen MR) is 182 cm³/mol. The SMILES string of the molecule is C=Nc1ccc(-c2ccc(CN(CCS(C)(=O)=O)C(C)=O)o2)cc1/C(=N\C)N(C(C)=O)c1ccc(OCc2cccc(F)c2)c(Cl)c1. The lowest BCUT2D eigenvalue weighted by atomic mass is 10.0. The number of amides is 2. The van der Waals surface area contributed by atoms with Gasteiger partial charge in [-0.25, -0.2) is 12.8 Å². The number of furan rings is 1. The third kappa shape index (κ3) is 9.14. The molecular weight excluding hydrogens is 647 g/mol. The van der Waals surface area contributed by atoms with E-state index in [4.69, 9.17) is 20.8 Å². The highest BCUT2D eigenvalue weighted by molar-refractivity contribution is 7.90. The second-order valence-electron chi connectivity index (χ2n) is 10.7. The number of anilines is 1. The minimum atomic E-state index is -3.26. The van der Waals surface area contributed by atoms with Gasteiger partial charge in [0.25, 0.3) is 0 Å². The summed E-state index contributed by atoms with van der Waals surface area (Å²) in [5.41, 5.74) is 2.62. The highest BCUT2D eigenvalue weighted by Gasteiger charge is 2.24. The molecular formula is C34H34ClFN4O6S. The summed E-state index contributed by atoms with van der Waals surface area (Å²) >= 11 is 6.56. The fourth-order valence-corrected chi connectivity index (χ4v) is 5.55. The molecule has 246 valence electrons. The molecule has 0 bridgehead atoms. The van der Waals surface area contributed by atoms with Gasteiger partial charge in [-0.1, -0.05) is 23.7 Å². The fourth-order valence-electron chi connectivity index (χ4n) is 4.76. The summed E-state index contributed by atoms with van der Waals surface area (Å²) in [4.78, 5) is 36.6. The normalized spacial score (nSPS) is 11.7. The molecule has 0 N–H and O–H groups in total. The van der Waals surface area contributed by atoms with E-state index < -0.39 is 9.84 Å². The van der Waals surface area contributed by atoms with E-state index in [0.29, 0.717) is 45.3 Å². The van der Waals surface area contributed by atoms with Gasteiger partial charge in [-0.3, -0.25) is 24.5 Å². The number of benzene rings is 3. The van der Waals surface area contributed by atoms with Crippen LogP contribution in [0.3, 0.4) is 0 Å². The first kappa shape index (κ1) is 35.1. The van der Waals surface area contributed by atoms with Crippen LogP contribution in [0.1, 0.15) is 30.7 Å². The number of carbonyl (C=O) groups is 2. The van der Waals surface area contributed by atoms with E-state index in [9.17, 15) is 22.4 Å². The molecule has 1 heterocycles. The molecule has 0 aliphatic rings. The summed E-state index contributed by atoms with van der Waals surface area (Å²) in [7, 11) is -1.72. The lowest BCUT2D eigenvalue weighted by molar-refractivity contribution is -0.129. The van der Waals surface area contributed by atoms with Gasteiger partial charge in [0.15, 0.2) is 0 Å². The van der Waals surface area contributed by atoms with Crippen LogP contribution in [0.15, 0.2) is 87.2 Å². The summed E-state index contributed by atoms with van der Waals surface area (Å²) < 4.78 is 48.7. The van der Waals surface area contributed by atoms with Crippen LogP contribution in [-0.2, 0) is 32.6 Å². The Bertz CT molecular complexity index is 1940. The van der Waals surface area contributed by atoms with Crippen LogP contribution in [0, 0.1) is 5.82 Å². The zero-order valence-electron chi connectivity index (χ0n) is 26.4. The van der Waals surface area contributed by atoms with Gasteiger partial charge in [-0.05, 0) is 72.9 Å². The Morgan fingerprint density at radius 3 is 2.40 bits per heavy atom. The van der Waals surface area contributed by atoms with E-state index in [-0.39, 0.29) is 53.9 Å². The van der Waals surface area contributed by atoms with Crippen molar-refractivity contribution in [2.24, 2.45) is 9.98 Å². The average Bonchev–Trinajstić information content (AvgIpc) is 3.49. The number of rotatable bonds is 12. The number of hydrogen-bond acceptors (Lipinski definition) is 8. The molecule has 0 saturated carbocycles. The van der Waals surface area contributed by atoms with Crippen LogP contribution in [0.2, 0.25) is 5.02 Å². The molecule has 0 radical (unpaired) electrons.